The standard InChI is InChI=1S/C15H16N2O/c1-11-6-7-15(18-11)10-17-12(2)14-5-3-4-13(8-14)9-16/h3-8,12,17H,10H2,1-2H3. The SMILES string of the molecule is Cc1ccc(CNC(C)c2cccc(C#N)c2)o1. The number of aryl methyl sites for hydroxylation is 1. The van der Waals surface area contributed by atoms with Gasteiger partial charge in [0.05, 0.1) is 18.2 Å². The average Bonchev–Trinajstić information content (AvgIpc) is 2.82. The fourth-order valence-corrected chi connectivity index (χ4v) is 1.83. The van der Waals surface area contributed by atoms with Gasteiger partial charge in [0.1, 0.15) is 11.5 Å². The van der Waals surface area contributed by atoms with Crippen LogP contribution in [-0.2, 0) is 6.54 Å². The molecule has 1 N–H and O–H groups in total. The summed E-state index contributed by atoms with van der Waals surface area (Å²) in [5.74, 6) is 1.85. The number of rotatable bonds is 4. The molecule has 2 rings (SSSR count). The van der Waals surface area contributed by atoms with Crippen LogP contribution < -0.4 is 5.32 Å². The molecule has 0 bridgehead atoms. The van der Waals surface area contributed by atoms with Gasteiger partial charge < -0.3 is 9.73 Å². The third-order valence-electron chi connectivity index (χ3n) is 2.89. The fourth-order valence-electron chi connectivity index (χ4n) is 1.83. The highest BCUT2D eigenvalue weighted by Gasteiger charge is 2.06. The molecule has 0 amide bonds. The molecule has 18 heavy (non-hydrogen) atoms. The predicted molar refractivity (Wildman–Crippen MR) is 69.9 cm³/mol. The lowest BCUT2D eigenvalue weighted by Gasteiger charge is -2.13. The maximum absolute atomic E-state index is 8.87. The molecule has 1 unspecified atom stereocenters. The van der Waals surface area contributed by atoms with E-state index in [-0.39, 0.29) is 6.04 Å². The molecule has 0 radical (unpaired) electrons. The smallest absolute Gasteiger partial charge is 0.117 e. The summed E-state index contributed by atoms with van der Waals surface area (Å²) in [6.45, 7) is 4.70. The molecule has 0 saturated heterocycles. The van der Waals surface area contributed by atoms with Crippen LogP contribution in [0.15, 0.2) is 40.8 Å². The first kappa shape index (κ1) is 12.4. The molecular weight excluding hydrogens is 224 g/mol. The zero-order valence-electron chi connectivity index (χ0n) is 10.6. The van der Waals surface area contributed by atoms with Gasteiger partial charge in [-0.25, -0.2) is 0 Å². The molecule has 2 aromatic rings. The number of nitrogens with zero attached hydrogens (tertiary/aromatic N) is 1. The van der Waals surface area contributed by atoms with Gasteiger partial charge in [0.2, 0.25) is 0 Å². The van der Waals surface area contributed by atoms with E-state index in [4.69, 9.17) is 9.68 Å². The van der Waals surface area contributed by atoms with Crippen molar-refractivity contribution in [3.63, 3.8) is 0 Å². The maximum Gasteiger partial charge on any atom is 0.117 e. The van der Waals surface area contributed by atoms with Crippen LogP contribution in [0.25, 0.3) is 0 Å². The maximum atomic E-state index is 8.87. The molecule has 0 aliphatic heterocycles. The topological polar surface area (TPSA) is 49.0 Å². The summed E-state index contributed by atoms with van der Waals surface area (Å²) in [6.07, 6.45) is 0. The van der Waals surface area contributed by atoms with Gasteiger partial charge in [0.15, 0.2) is 0 Å². The van der Waals surface area contributed by atoms with E-state index < -0.39 is 0 Å². The van der Waals surface area contributed by atoms with Gasteiger partial charge in [-0.15, -0.1) is 0 Å². The Balaban J connectivity index is 1.99. The number of nitriles is 1. The molecule has 1 aromatic heterocycles. The van der Waals surface area contributed by atoms with Crippen LogP contribution >= 0.6 is 0 Å². The minimum absolute atomic E-state index is 0.184. The summed E-state index contributed by atoms with van der Waals surface area (Å²) < 4.78 is 5.50. The van der Waals surface area contributed by atoms with E-state index in [1.54, 1.807) is 0 Å². The normalized spacial score (nSPS) is 12.1. The van der Waals surface area contributed by atoms with Crippen molar-refractivity contribution < 1.29 is 4.42 Å². The quantitative estimate of drug-likeness (QED) is 0.891. The Morgan fingerprint density at radius 2 is 2.17 bits per heavy atom. The Hall–Kier alpha value is -2.05. The van der Waals surface area contributed by atoms with Gasteiger partial charge in [-0.3, -0.25) is 0 Å². The molecule has 1 heterocycles. The summed E-state index contributed by atoms with van der Waals surface area (Å²) >= 11 is 0. The van der Waals surface area contributed by atoms with Crippen molar-refractivity contribution in [1.29, 1.82) is 5.26 Å². The van der Waals surface area contributed by atoms with E-state index >= 15 is 0 Å². The molecule has 0 spiro atoms. The zero-order valence-corrected chi connectivity index (χ0v) is 10.6. The van der Waals surface area contributed by atoms with E-state index in [1.807, 2.05) is 43.3 Å². The van der Waals surface area contributed by atoms with E-state index in [2.05, 4.69) is 18.3 Å². The van der Waals surface area contributed by atoms with Crippen molar-refractivity contribution in [3.05, 3.63) is 59.0 Å². The summed E-state index contributed by atoms with van der Waals surface area (Å²) in [6, 6.07) is 13.9. The molecular formula is C15H16N2O. The first-order valence-electron chi connectivity index (χ1n) is 5.98. The highest BCUT2D eigenvalue weighted by atomic mass is 16.3. The Kier molecular flexibility index (Phi) is 3.81. The summed E-state index contributed by atoms with van der Waals surface area (Å²) in [7, 11) is 0. The van der Waals surface area contributed by atoms with Crippen LogP contribution in [0.5, 0.6) is 0 Å². The zero-order chi connectivity index (χ0) is 13.0. The number of furan rings is 1. The van der Waals surface area contributed by atoms with Crippen LogP contribution in [-0.4, -0.2) is 0 Å². The largest absolute Gasteiger partial charge is 0.465 e. The molecule has 0 aliphatic rings. The average molecular weight is 240 g/mol. The lowest BCUT2D eigenvalue weighted by molar-refractivity contribution is 0.444. The predicted octanol–water partition coefficient (Wildman–Crippen LogP) is 3.31. The molecule has 92 valence electrons. The molecule has 0 fully saturated rings. The van der Waals surface area contributed by atoms with E-state index in [1.165, 1.54) is 0 Å². The van der Waals surface area contributed by atoms with Gasteiger partial charge in [-0.1, -0.05) is 12.1 Å². The third-order valence-corrected chi connectivity index (χ3v) is 2.89. The van der Waals surface area contributed by atoms with Crippen molar-refractivity contribution in [2.45, 2.75) is 26.4 Å². The van der Waals surface area contributed by atoms with Crippen LogP contribution in [0.3, 0.4) is 0 Å². The van der Waals surface area contributed by atoms with Gasteiger partial charge in [-0.2, -0.15) is 5.26 Å². The monoisotopic (exact) mass is 240 g/mol. The first-order chi connectivity index (χ1) is 8.69. The molecule has 3 nitrogen and oxygen atoms in total. The van der Waals surface area contributed by atoms with Crippen molar-refractivity contribution in [1.82, 2.24) is 5.32 Å². The molecule has 3 heteroatoms. The number of hydrogen-bond acceptors (Lipinski definition) is 3. The second-order valence-corrected chi connectivity index (χ2v) is 4.35. The Labute approximate surface area is 107 Å². The Morgan fingerprint density at radius 3 is 2.83 bits per heavy atom. The van der Waals surface area contributed by atoms with E-state index in [0.717, 1.165) is 17.1 Å². The van der Waals surface area contributed by atoms with Crippen LogP contribution in [0.1, 0.15) is 35.6 Å². The second-order valence-electron chi connectivity index (χ2n) is 4.35. The summed E-state index contributed by atoms with van der Waals surface area (Å²) in [5, 5.41) is 12.2. The molecule has 1 aromatic carbocycles. The fraction of sp³-hybridized carbons (Fsp3) is 0.267. The van der Waals surface area contributed by atoms with Crippen LogP contribution in [0.2, 0.25) is 0 Å². The van der Waals surface area contributed by atoms with Gasteiger partial charge in [0.25, 0.3) is 0 Å². The number of hydrogen-bond donors (Lipinski definition) is 1. The van der Waals surface area contributed by atoms with Crippen molar-refractivity contribution in [3.8, 4) is 6.07 Å². The minimum atomic E-state index is 0.184. The highest BCUT2D eigenvalue weighted by molar-refractivity contribution is 5.34. The second kappa shape index (κ2) is 5.52. The van der Waals surface area contributed by atoms with Crippen LogP contribution in [0.4, 0.5) is 0 Å². The molecule has 1 atom stereocenters. The lowest BCUT2D eigenvalue weighted by atomic mass is 10.1. The summed E-state index contributed by atoms with van der Waals surface area (Å²) in [4.78, 5) is 0. The third kappa shape index (κ3) is 2.99. The number of nitrogens with one attached hydrogen (secondary N) is 1. The molecule has 0 aliphatic carbocycles. The minimum Gasteiger partial charge on any atom is -0.465 e. The Bertz CT molecular complexity index is 566. The van der Waals surface area contributed by atoms with E-state index in [9.17, 15) is 0 Å². The van der Waals surface area contributed by atoms with Gasteiger partial charge in [0, 0.05) is 6.04 Å². The molecule has 0 saturated carbocycles. The van der Waals surface area contributed by atoms with Gasteiger partial charge >= 0.3 is 0 Å². The van der Waals surface area contributed by atoms with Crippen molar-refractivity contribution in [2.24, 2.45) is 0 Å². The van der Waals surface area contributed by atoms with Crippen LogP contribution in [0, 0.1) is 18.3 Å². The highest BCUT2D eigenvalue weighted by Crippen LogP contribution is 2.15. The van der Waals surface area contributed by atoms with Crippen molar-refractivity contribution >= 4 is 0 Å². The Morgan fingerprint density at radius 1 is 1.33 bits per heavy atom. The van der Waals surface area contributed by atoms with Crippen molar-refractivity contribution in [2.75, 3.05) is 0 Å². The number of benzene rings is 1. The summed E-state index contributed by atoms with van der Waals surface area (Å²) in [5.41, 5.74) is 1.80. The van der Waals surface area contributed by atoms with E-state index in [0.29, 0.717) is 12.1 Å². The van der Waals surface area contributed by atoms with Gasteiger partial charge in [-0.05, 0) is 43.7 Å². The lowest BCUT2D eigenvalue weighted by Crippen LogP contribution is -2.17. The first-order valence-corrected chi connectivity index (χ1v) is 5.98.